The van der Waals surface area contributed by atoms with Gasteiger partial charge in [0.15, 0.2) is 0 Å². The first-order chi connectivity index (χ1) is 9.02. The molecule has 1 aromatic rings. The molecule has 2 rings (SSSR count). The zero-order chi connectivity index (χ0) is 13.9. The zero-order valence-corrected chi connectivity index (χ0v) is 11.5. The Labute approximate surface area is 113 Å². The highest BCUT2D eigenvalue weighted by atomic mass is 32.2. The minimum atomic E-state index is -3.46. The van der Waals surface area contributed by atoms with Crippen molar-refractivity contribution in [2.24, 2.45) is 0 Å². The Morgan fingerprint density at radius 2 is 2.21 bits per heavy atom. The molecule has 1 aliphatic rings. The Balaban J connectivity index is 2.11. The van der Waals surface area contributed by atoms with Crippen LogP contribution in [-0.2, 0) is 20.5 Å². The van der Waals surface area contributed by atoms with Crippen molar-refractivity contribution in [1.82, 2.24) is 4.72 Å². The summed E-state index contributed by atoms with van der Waals surface area (Å²) in [5.41, 5.74) is 0.910. The fourth-order valence-electron chi connectivity index (χ4n) is 2.12. The number of hydrogen-bond donors (Lipinski definition) is 1. The van der Waals surface area contributed by atoms with Crippen LogP contribution in [0.2, 0.25) is 0 Å². The second kappa shape index (κ2) is 5.70. The lowest BCUT2D eigenvalue weighted by molar-refractivity contribution is 0.117. The van der Waals surface area contributed by atoms with E-state index in [1.807, 2.05) is 13.0 Å². The van der Waals surface area contributed by atoms with Crippen molar-refractivity contribution in [3.05, 3.63) is 35.4 Å². The molecule has 2 unspecified atom stereocenters. The molecule has 0 amide bonds. The first-order valence-corrected chi connectivity index (χ1v) is 7.76. The number of rotatable bonds is 4. The van der Waals surface area contributed by atoms with Gasteiger partial charge in [-0.15, -0.1) is 0 Å². The molecule has 102 valence electrons. The van der Waals surface area contributed by atoms with Crippen molar-refractivity contribution < 1.29 is 13.2 Å². The molecule has 5 nitrogen and oxygen atoms in total. The Hall–Kier alpha value is -1.42. The minimum absolute atomic E-state index is 0.110. The molecule has 1 saturated heterocycles. The molecular formula is C13H16N2O3S. The van der Waals surface area contributed by atoms with Crippen LogP contribution in [0.3, 0.4) is 0 Å². The summed E-state index contributed by atoms with van der Waals surface area (Å²) in [5, 5.41) is 8.96. The third-order valence-corrected chi connectivity index (χ3v) is 4.54. The monoisotopic (exact) mass is 280 g/mol. The van der Waals surface area contributed by atoms with E-state index in [0.717, 1.165) is 0 Å². The quantitative estimate of drug-likeness (QED) is 0.897. The Bertz CT molecular complexity index is 592. The van der Waals surface area contributed by atoms with Gasteiger partial charge in [0, 0.05) is 12.6 Å². The van der Waals surface area contributed by atoms with E-state index in [2.05, 4.69) is 4.72 Å². The van der Waals surface area contributed by atoms with E-state index in [1.54, 1.807) is 24.3 Å². The van der Waals surface area contributed by atoms with Crippen molar-refractivity contribution in [1.29, 1.82) is 5.26 Å². The van der Waals surface area contributed by atoms with Gasteiger partial charge in [0.1, 0.15) is 0 Å². The largest absolute Gasteiger partial charge is 0.377 e. The molecule has 0 aromatic heterocycles. The van der Waals surface area contributed by atoms with Crippen LogP contribution in [0.4, 0.5) is 0 Å². The van der Waals surface area contributed by atoms with Crippen LogP contribution in [0, 0.1) is 11.3 Å². The summed E-state index contributed by atoms with van der Waals surface area (Å²) in [6.07, 6.45) is 0.571. The van der Waals surface area contributed by atoms with Gasteiger partial charge in [0.05, 0.1) is 23.5 Å². The van der Waals surface area contributed by atoms with Gasteiger partial charge in [-0.1, -0.05) is 18.2 Å². The zero-order valence-electron chi connectivity index (χ0n) is 10.7. The molecule has 0 aliphatic carbocycles. The molecule has 1 fully saturated rings. The third-order valence-electron chi connectivity index (χ3n) is 3.19. The molecular weight excluding hydrogens is 264 g/mol. The maximum Gasteiger partial charge on any atom is 0.216 e. The number of ether oxygens (including phenoxy) is 1. The molecule has 19 heavy (non-hydrogen) atoms. The predicted octanol–water partition coefficient (Wildman–Crippen LogP) is 1.16. The number of sulfonamides is 1. The normalized spacial score (nSPS) is 23.2. The lowest BCUT2D eigenvalue weighted by Crippen LogP contribution is -2.39. The Kier molecular flexibility index (Phi) is 4.20. The second-order valence-electron chi connectivity index (χ2n) is 4.62. The maximum absolute atomic E-state index is 12.1. The lowest BCUT2D eigenvalue weighted by atomic mass is 10.1. The molecule has 6 heteroatoms. The Morgan fingerprint density at radius 3 is 2.84 bits per heavy atom. The number of nitrogens with one attached hydrogen (secondary N) is 1. The number of nitriles is 1. The predicted molar refractivity (Wildman–Crippen MR) is 70.7 cm³/mol. The van der Waals surface area contributed by atoms with Gasteiger partial charge in [-0.25, -0.2) is 13.1 Å². The van der Waals surface area contributed by atoms with E-state index in [9.17, 15) is 8.42 Å². The van der Waals surface area contributed by atoms with Gasteiger partial charge < -0.3 is 4.74 Å². The van der Waals surface area contributed by atoms with Crippen LogP contribution >= 0.6 is 0 Å². The molecule has 0 spiro atoms. The van der Waals surface area contributed by atoms with Gasteiger partial charge in [-0.05, 0) is 25.0 Å². The fourth-order valence-corrected chi connectivity index (χ4v) is 3.63. The summed E-state index contributed by atoms with van der Waals surface area (Å²) in [6, 6.07) is 8.55. The third kappa shape index (κ3) is 3.53. The average Bonchev–Trinajstić information content (AvgIpc) is 2.74. The van der Waals surface area contributed by atoms with E-state index >= 15 is 0 Å². The van der Waals surface area contributed by atoms with Crippen LogP contribution in [-0.4, -0.2) is 27.2 Å². The van der Waals surface area contributed by atoms with Gasteiger partial charge in [-0.3, -0.25) is 0 Å². The summed E-state index contributed by atoms with van der Waals surface area (Å²) in [5.74, 6) is -0.181. The van der Waals surface area contributed by atoms with Gasteiger partial charge in [-0.2, -0.15) is 5.26 Å². The highest BCUT2D eigenvalue weighted by Crippen LogP contribution is 2.16. The summed E-state index contributed by atoms with van der Waals surface area (Å²) in [6.45, 7) is 2.42. The van der Waals surface area contributed by atoms with Gasteiger partial charge in [0.25, 0.3) is 0 Å². The van der Waals surface area contributed by atoms with Crippen molar-refractivity contribution in [2.45, 2.75) is 31.2 Å². The summed E-state index contributed by atoms with van der Waals surface area (Å²) in [4.78, 5) is 0. The summed E-state index contributed by atoms with van der Waals surface area (Å²) < 4.78 is 32.2. The average molecular weight is 280 g/mol. The molecule has 0 saturated carbocycles. The first kappa shape index (κ1) is 14.0. The molecule has 2 atom stereocenters. The molecule has 1 aliphatic heterocycles. The van der Waals surface area contributed by atoms with Crippen LogP contribution < -0.4 is 4.72 Å². The van der Waals surface area contributed by atoms with Gasteiger partial charge in [0.2, 0.25) is 10.0 Å². The first-order valence-electron chi connectivity index (χ1n) is 6.11. The van der Waals surface area contributed by atoms with Crippen molar-refractivity contribution >= 4 is 10.0 Å². The smallest absolute Gasteiger partial charge is 0.216 e. The van der Waals surface area contributed by atoms with E-state index in [-0.39, 0.29) is 17.9 Å². The highest BCUT2D eigenvalue weighted by Gasteiger charge is 2.28. The molecule has 1 N–H and O–H groups in total. The SMILES string of the molecule is CC1OCCC1NS(=O)(=O)Cc1ccccc1C#N. The van der Waals surface area contributed by atoms with Crippen LogP contribution in [0.15, 0.2) is 24.3 Å². The van der Waals surface area contributed by atoms with E-state index in [4.69, 9.17) is 10.00 Å². The molecule has 0 bridgehead atoms. The van der Waals surface area contributed by atoms with Crippen molar-refractivity contribution in [3.8, 4) is 6.07 Å². The second-order valence-corrected chi connectivity index (χ2v) is 6.37. The fraction of sp³-hybridized carbons (Fsp3) is 0.462. The van der Waals surface area contributed by atoms with Crippen LogP contribution in [0.1, 0.15) is 24.5 Å². The van der Waals surface area contributed by atoms with Crippen molar-refractivity contribution in [2.75, 3.05) is 6.61 Å². The highest BCUT2D eigenvalue weighted by molar-refractivity contribution is 7.88. The molecule has 1 aromatic carbocycles. The van der Waals surface area contributed by atoms with Crippen molar-refractivity contribution in [3.63, 3.8) is 0 Å². The summed E-state index contributed by atoms with van der Waals surface area (Å²) in [7, 11) is -3.46. The van der Waals surface area contributed by atoms with Gasteiger partial charge >= 0.3 is 0 Å². The Morgan fingerprint density at radius 1 is 1.47 bits per heavy atom. The number of nitrogens with zero attached hydrogens (tertiary/aromatic N) is 1. The van der Waals surface area contributed by atoms with E-state index in [0.29, 0.717) is 24.2 Å². The topological polar surface area (TPSA) is 79.2 Å². The number of benzene rings is 1. The standard InChI is InChI=1S/C13H16N2O3S/c1-10-13(6-7-18-10)15-19(16,17)9-12-5-3-2-4-11(12)8-14/h2-5,10,13,15H,6-7,9H2,1H3. The van der Waals surface area contributed by atoms with Crippen LogP contribution in [0.25, 0.3) is 0 Å². The van der Waals surface area contributed by atoms with Crippen LogP contribution in [0.5, 0.6) is 0 Å². The number of hydrogen-bond acceptors (Lipinski definition) is 4. The van der Waals surface area contributed by atoms with E-state index < -0.39 is 10.0 Å². The lowest BCUT2D eigenvalue weighted by Gasteiger charge is -2.16. The summed E-state index contributed by atoms with van der Waals surface area (Å²) >= 11 is 0. The molecule has 1 heterocycles. The minimum Gasteiger partial charge on any atom is -0.377 e. The van der Waals surface area contributed by atoms with E-state index in [1.165, 1.54) is 0 Å². The maximum atomic E-state index is 12.1. The molecule has 0 radical (unpaired) electrons.